The molecule has 18 heavy (non-hydrogen) atoms. The Balaban J connectivity index is 1.78. The lowest BCUT2D eigenvalue weighted by Crippen LogP contribution is -1.84. The fraction of sp³-hybridized carbons (Fsp3) is 0.167. The number of fused-ring (bicyclic) bond motifs is 1. The lowest BCUT2D eigenvalue weighted by Gasteiger charge is -1.93. The van der Waals surface area contributed by atoms with Crippen LogP contribution in [-0.4, -0.2) is 19.7 Å². The number of aromatic amines is 1. The number of rotatable bonds is 3. The van der Waals surface area contributed by atoms with Crippen LogP contribution < -0.4 is 5.73 Å². The van der Waals surface area contributed by atoms with Crippen LogP contribution in [0, 0.1) is 0 Å². The van der Waals surface area contributed by atoms with E-state index in [1.54, 1.807) is 16.4 Å². The number of nitrogens with two attached hydrogens (primary N) is 1. The summed E-state index contributed by atoms with van der Waals surface area (Å²) in [5.41, 5.74) is 8.42. The summed E-state index contributed by atoms with van der Waals surface area (Å²) in [5.74, 6) is 1.74. The Morgan fingerprint density at radius 2 is 2.33 bits per heavy atom. The van der Waals surface area contributed by atoms with Gasteiger partial charge in [0.05, 0.1) is 23.0 Å². The SMILES string of the molecule is Cn1cc(SCc2nc3ccc(N)cc3[nH]2)cn1. The molecule has 0 saturated carbocycles. The smallest absolute Gasteiger partial charge is 0.117 e. The second kappa shape index (κ2) is 4.38. The van der Waals surface area contributed by atoms with Crippen molar-refractivity contribution >= 4 is 28.5 Å². The van der Waals surface area contributed by atoms with Crippen molar-refractivity contribution in [3.8, 4) is 0 Å². The lowest BCUT2D eigenvalue weighted by molar-refractivity contribution is 0.766. The van der Waals surface area contributed by atoms with Gasteiger partial charge in [0.15, 0.2) is 0 Å². The van der Waals surface area contributed by atoms with Gasteiger partial charge in [0.25, 0.3) is 0 Å². The predicted octanol–water partition coefficient (Wildman–Crippen LogP) is 2.17. The minimum atomic E-state index is 0.748. The lowest BCUT2D eigenvalue weighted by atomic mass is 10.3. The van der Waals surface area contributed by atoms with Crippen LogP contribution in [0.2, 0.25) is 0 Å². The topological polar surface area (TPSA) is 72.5 Å². The molecule has 2 aromatic heterocycles. The molecular formula is C12H13N5S. The highest BCUT2D eigenvalue weighted by Crippen LogP contribution is 2.22. The van der Waals surface area contributed by atoms with Gasteiger partial charge in [-0.3, -0.25) is 4.68 Å². The Morgan fingerprint density at radius 3 is 3.11 bits per heavy atom. The largest absolute Gasteiger partial charge is 0.399 e. The van der Waals surface area contributed by atoms with Gasteiger partial charge in [0.2, 0.25) is 0 Å². The molecule has 0 aliphatic rings. The number of imidazole rings is 1. The standard InChI is InChI=1S/C12H13N5S/c1-17-6-9(5-14-17)18-7-12-15-10-3-2-8(13)4-11(10)16-12/h2-6H,7,13H2,1H3,(H,15,16). The van der Waals surface area contributed by atoms with Gasteiger partial charge < -0.3 is 10.7 Å². The molecule has 3 rings (SSSR count). The van der Waals surface area contributed by atoms with Gasteiger partial charge in [-0.15, -0.1) is 11.8 Å². The molecule has 0 bridgehead atoms. The third kappa shape index (κ3) is 2.19. The van der Waals surface area contributed by atoms with E-state index in [9.17, 15) is 0 Å². The number of H-pyrrole nitrogens is 1. The van der Waals surface area contributed by atoms with Crippen molar-refractivity contribution in [1.82, 2.24) is 19.7 Å². The second-order valence-electron chi connectivity index (χ2n) is 4.10. The van der Waals surface area contributed by atoms with Crippen LogP contribution in [0.4, 0.5) is 5.69 Å². The van der Waals surface area contributed by atoms with Crippen LogP contribution in [0.5, 0.6) is 0 Å². The number of thioether (sulfide) groups is 1. The molecule has 0 unspecified atom stereocenters. The van der Waals surface area contributed by atoms with Crippen LogP contribution in [0.1, 0.15) is 5.82 Å². The van der Waals surface area contributed by atoms with Crippen LogP contribution >= 0.6 is 11.8 Å². The summed E-state index contributed by atoms with van der Waals surface area (Å²) >= 11 is 1.71. The van der Waals surface area contributed by atoms with Gasteiger partial charge in [-0.2, -0.15) is 5.10 Å². The quantitative estimate of drug-likeness (QED) is 0.558. The Bertz CT molecular complexity index is 685. The van der Waals surface area contributed by atoms with E-state index in [2.05, 4.69) is 15.1 Å². The van der Waals surface area contributed by atoms with Gasteiger partial charge in [-0.05, 0) is 18.2 Å². The van der Waals surface area contributed by atoms with Gasteiger partial charge in [0.1, 0.15) is 5.82 Å². The molecule has 3 aromatic rings. The van der Waals surface area contributed by atoms with Gasteiger partial charge >= 0.3 is 0 Å². The molecule has 5 nitrogen and oxygen atoms in total. The Labute approximate surface area is 108 Å². The van der Waals surface area contributed by atoms with Crippen LogP contribution in [0.25, 0.3) is 11.0 Å². The first-order valence-corrected chi connectivity index (χ1v) is 6.55. The molecule has 0 atom stereocenters. The summed E-state index contributed by atoms with van der Waals surface area (Å²) in [6.45, 7) is 0. The molecule has 0 spiro atoms. The highest BCUT2D eigenvalue weighted by atomic mass is 32.2. The normalized spacial score (nSPS) is 11.2. The Hall–Kier alpha value is -1.95. The van der Waals surface area contributed by atoms with Crippen molar-refractivity contribution < 1.29 is 0 Å². The van der Waals surface area contributed by atoms with Crippen molar-refractivity contribution in [3.05, 3.63) is 36.4 Å². The predicted molar refractivity (Wildman–Crippen MR) is 73.3 cm³/mol. The molecule has 0 saturated heterocycles. The van der Waals surface area contributed by atoms with Crippen molar-refractivity contribution in [1.29, 1.82) is 0 Å². The van der Waals surface area contributed by atoms with Crippen molar-refractivity contribution in [2.45, 2.75) is 10.6 Å². The number of hydrogen-bond acceptors (Lipinski definition) is 4. The van der Waals surface area contributed by atoms with E-state index >= 15 is 0 Å². The van der Waals surface area contributed by atoms with E-state index in [0.717, 1.165) is 33.2 Å². The maximum atomic E-state index is 5.74. The molecule has 0 amide bonds. The summed E-state index contributed by atoms with van der Waals surface area (Å²) in [4.78, 5) is 8.93. The number of anilines is 1. The zero-order chi connectivity index (χ0) is 12.5. The summed E-state index contributed by atoms with van der Waals surface area (Å²) in [6.07, 6.45) is 3.84. The number of aryl methyl sites for hydroxylation is 1. The fourth-order valence-corrected chi connectivity index (χ4v) is 2.56. The van der Waals surface area contributed by atoms with Crippen LogP contribution in [0.15, 0.2) is 35.5 Å². The average Bonchev–Trinajstić information content (AvgIpc) is 2.92. The van der Waals surface area contributed by atoms with E-state index in [1.807, 2.05) is 37.6 Å². The third-order valence-electron chi connectivity index (χ3n) is 2.61. The fourth-order valence-electron chi connectivity index (χ4n) is 1.77. The molecule has 1 aromatic carbocycles. The van der Waals surface area contributed by atoms with E-state index in [1.165, 1.54) is 0 Å². The summed E-state index contributed by atoms with van der Waals surface area (Å²) in [6, 6.07) is 5.70. The number of benzene rings is 1. The monoisotopic (exact) mass is 259 g/mol. The molecule has 0 aliphatic heterocycles. The first-order valence-electron chi connectivity index (χ1n) is 5.56. The molecule has 0 fully saturated rings. The second-order valence-corrected chi connectivity index (χ2v) is 5.15. The highest BCUT2D eigenvalue weighted by Gasteiger charge is 2.04. The molecule has 92 valence electrons. The van der Waals surface area contributed by atoms with E-state index < -0.39 is 0 Å². The maximum Gasteiger partial charge on any atom is 0.117 e. The number of nitrogen functional groups attached to an aromatic ring is 1. The van der Waals surface area contributed by atoms with Crippen molar-refractivity contribution in [2.75, 3.05) is 5.73 Å². The molecule has 0 radical (unpaired) electrons. The minimum Gasteiger partial charge on any atom is -0.399 e. The van der Waals surface area contributed by atoms with E-state index in [4.69, 9.17) is 5.73 Å². The minimum absolute atomic E-state index is 0.748. The summed E-state index contributed by atoms with van der Waals surface area (Å²) in [7, 11) is 1.91. The van der Waals surface area contributed by atoms with E-state index in [-0.39, 0.29) is 0 Å². The number of nitrogens with zero attached hydrogens (tertiary/aromatic N) is 3. The van der Waals surface area contributed by atoms with Crippen LogP contribution in [0.3, 0.4) is 0 Å². The van der Waals surface area contributed by atoms with Gasteiger partial charge in [-0.1, -0.05) is 0 Å². The van der Waals surface area contributed by atoms with Gasteiger partial charge in [0, 0.05) is 23.8 Å². The molecule has 0 aliphatic carbocycles. The first-order chi connectivity index (χ1) is 8.70. The maximum absolute atomic E-state index is 5.74. The Kier molecular flexibility index (Phi) is 2.71. The molecular weight excluding hydrogens is 246 g/mol. The average molecular weight is 259 g/mol. The zero-order valence-electron chi connectivity index (χ0n) is 9.92. The zero-order valence-corrected chi connectivity index (χ0v) is 10.7. The molecule has 3 N–H and O–H groups in total. The third-order valence-corrected chi connectivity index (χ3v) is 3.57. The first kappa shape index (κ1) is 11.2. The van der Waals surface area contributed by atoms with Crippen molar-refractivity contribution in [3.63, 3.8) is 0 Å². The van der Waals surface area contributed by atoms with E-state index in [0.29, 0.717) is 0 Å². The van der Waals surface area contributed by atoms with Crippen LogP contribution in [-0.2, 0) is 12.8 Å². The molecule has 6 heteroatoms. The highest BCUT2D eigenvalue weighted by molar-refractivity contribution is 7.98. The number of aromatic nitrogens is 4. The van der Waals surface area contributed by atoms with Gasteiger partial charge in [-0.25, -0.2) is 4.98 Å². The van der Waals surface area contributed by atoms with Crippen molar-refractivity contribution in [2.24, 2.45) is 7.05 Å². The number of nitrogens with one attached hydrogen (secondary N) is 1. The summed E-state index contributed by atoms with van der Waals surface area (Å²) in [5, 5.41) is 4.13. The molecule has 2 heterocycles. The summed E-state index contributed by atoms with van der Waals surface area (Å²) < 4.78 is 1.79. The Morgan fingerprint density at radius 1 is 1.44 bits per heavy atom. The number of hydrogen-bond donors (Lipinski definition) is 2.